The number of aryl methyl sites for hydroxylation is 1. The predicted octanol–water partition coefficient (Wildman–Crippen LogP) is 14.5. The van der Waals surface area contributed by atoms with Crippen molar-refractivity contribution < 1.29 is 4.42 Å². The van der Waals surface area contributed by atoms with E-state index >= 15 is 0 Å². The van der Waals surface area contributed by atoms with Gasteiger partial charge in [0.1, 0.15) is 11.4 Å². The fourth-order valence-electron chi connectivity index (χ4n) is 9.05. The van der Waals surface area contributed by atoms with Crippen LogP contribution in [-0.2, 0) is 5.41 Å². The van der Waals surface area contributed by atoms with Gasteiger partial charge in [-0.1, -0.05) is 166 Å². The van der Waals surface area contributed by atoms with Crippen LogP contribution >= 0.6 is 0 Å². The Balaban J connectivity index is 1.06. The second-order valence-electron chi connectivity index (χ2n) is 16.1. The fourth-order valence-corrected chi connectivity index (χ4v) is 9.05. The van der Waals surface area contributed by atoms with Crippen LogP contribution < -0.4 is 4.90 Å². The smallest absolute Gasteiger partial charge is 0.163 e. The van der Waals surface area contributed by atoms with Crippen LogP contribution in [0.25, 0.3) is 78.1 Å². The Morgan fingerprint density at radius 3 is 1.77 bits per heavy atom. The van der Waals surface area contributed by atoms with Crippen molar-refractivity contribution >= 4 is 39.0 Å². The van der Waals surface area contributed by atoms with Crippen molar-refractivity contribution in [2.75, 3.05) is 4.90 Å². The zero-order valence-electron chi connectivity index (χ0n) is 33.6. The van der Waals surface area contributed by atoms with Gasteiger partial charge >= 0.3 is 0 Å². The maximum Gasteiger partial charge on any atom is 0.163 e. The molecule has 0 unspecified atom stereocenters. The van der Waals surface area contributed by atoms with Gasteiger partial charge in [0.25, 0.3) is 0 Å². The van der Waals surface area contributed by atoms with Crippen LogP contribution in [-0.4, -0.2) is 15.0 Å². The van der Waals surface area contributed by atoms with Gasteiger partial charge in [0.15, 0.2) is 17.2 Å². The van der Waals surface area contributed by atoms with E-state index in [-0.39, 0.29) is 5.41 Å². The lowest BCUT2D eigenvalue weighted by Crippen LogP contribution is -2.16. The number of hydrogen-bond donors (Lipinski definition) is 0. The Hall–Kier alpha value is -7.63. The molecule has 1 aliphatic carbocycles. The highest BCUT2D eigenvalue weighted by molar-refractivity contribution is 6.13. The molecule has 0 radical (unpaired) electrons. The molecule has 8 aromatic carbocycles. The molecule has 0 fully saturated rings. The molecule has 0 aliphatic heterocycles. The number of rotatable bonds is 7. The summed E-state index contributed by atoms with van der Waals surface area (Å²) in [6.45, 7) is 6.58. The Kier molecular flexibility index (Phi) is 8.31. The van der Waals surface area contributed by atoms with Crippen molar-refractivity contribution in [2.24, 2.45) is 0 Å². The van der Waals surface area contributed by atoms with Gasteiger partial charge in [-0.3, -0.25) is 0 Å². The number of nitrogens with zero attached hydrogens (tertiary/aromatic N) is 4. The van der Waals surface area contributed by atoms with Gasteiger partial charge < -0.3 is 9.32 Å². The number of benzene rings is 8. The predicted molar refractivity (Wildman–Crippen MR) is 246 cm³/mol. The average Bonchev–Trinajstić information content (AvgIpc) is 3.79. The van der Waals surface area contributed by atoms with Crippen molar-refractivity contribution in [3.8, 4) is 56.2 Å². The normalized spacial score (nSPS) is 12.7. The van der Waals surface area contributed by atoms with E-state index in [1.54, 1.807) is 0 Å². The number of hydrogen-bond acceptors (Lipinski definition) is 5. The van der Waals surface area contributed by atoms with Crippen LogP contribution in [0.2, 0.25) is 0 Å². The van der Waals surface area contributed by atoms with Crippen molar-refractivity contribution in [3.05, 3.63) is 205 Å². The van der Waals surface area contributed by atoms with Crippen LogP contribution in [0, 0.1) is 6.92 Å². The minimum absolute atomic E-state index is 0.150. The van der Waals surface area contributed by atoms with Crippen LogP contribution in [0.5, 0.6) is 0 Å². The molecule has 60 heavy (non-hydrogen) atoms. The zero-order chi connectivity index (χ0) is 40.4. The van der Waals surface area contributed by atoms with Gasteiger partial charge in [-0.2, -0.15) is 0 Å². The highest BCUT2D eigenvalue weighted by Crippen LogP contribution is 2.51. The Labute approximate surface area is 349 Å². The van der Waals surface area contributed by atoms with Crippen molar-refractivity contribution in [1.29, 1.82) is 0 Å². The molecule has 0 saturated carbocycles. The number of fused-ring (bicyclic) bond motifs is 6. The summed E-state index contributed by atoms with van der Waals surface area (Å²) in [6.07, 6.45) is 0. The summed E-state index contributed by atoms with van der Waals surface area (Å²) in [6, 6.07) is 66.5. The SMILES string of the molecule is Cc1nc(-c2ccccc2)nc(-c2cccc(-c3cccc4c3oc3c(N(c5ccc(-c6ccccc6)cc5)c5ccc6c(c5)C(C)(C)c5ccccc5-6)cccc34)c2)n1. The van der Waals surface area contributed by atoms with Gasteiger partial charge in [-0.25, -0.2) is 15.0 Å². The van der Waals surface area contributed by atoms with Crippen LogP contribution in [0.3, 0.4) is 0 Å². The van der Waals surface area contributed by atoms with Gasteiger partial charge in [0, 0.05) is 44.3 Å². The quantitative estimate of drug-likeness (QED) is 0.161. The Morgan fingerprint density at radius 1 is 0.417 bits per heavy atom. The van der Waals surface area contributed by atoms with E-state index in [9.17, 15) is 0 Å². The Morgan fingerprint density at radius 2 is 0.983 bits per heavy atom. The first-order valence-corrected chi connectivity index (χ1v) is 20.4. The van der Waals surface area contributed by atoms with Crippen LogP contribution in [0.15, 0.2) is 192 Å². The highest BCUT2D eigenvalue weighted by atomic mass is 16.3. The van der Waals surface area contributed by atoms with E-state index in [4.69, 9.17) is 14.4 Å². The van der Waals surface area contributed by atoms with Gasteiger partial charge in [-0.15, -0.1) is 0 Å². The lowest BCUT2D eigenvalue weighted by molar-refractivity contribution is 0.660. The Bertz CT molecular complexity index is 3240. The first-order valence-electron chi connectivity index (χ1n) is 20.4. The summed E-state index contributed by atoms with van der Waals surface area (Å²) in [5.41, 5.74) is 16.1. The number of para-hydroxylation sites is 2. The van der Waals surface area contributed by atoms with Crippen molar-refractivity contribution in [1.82, 2.24) is 15.0 Å². The van der Waals surface area contributed by atoms with Crippen molar-refractivity contribution in [3.63, 3.8) is 0 Å². The molecular formula is C55H40N4O. The summed E-state index contributed by atoms with van der Waals surface area (Å²) in [5.74, 6) is 1.97. The summed E-state index contributed by atoms with van der Waals surface area (Å²) < 4.78 is 7.13. The number of furan rings is 1. The molecule has 5 nitrogen and oxygen atoms in total. The molecule has 0 saturated heterocycles. The second kappa shape index (κ2) is 14.0. The molecule has 1 aliphatic rings. The molecule has 0 amide bonds. The standard InChI is InChI=1S/C55H40N4O/c1-35-56-53(38-17-8-5-9-18-38)58-54(57-35)40-20-12-19-39(33-40)43-22-13-23-46-47-24-14-26-50(52(47)60-51(43)46)59(41-29-27-37(28-30-41)36-15-6-4-7-16-36)42-31-32-45-44-21-10-11-25-48(44)55(2,3)49(45)34-42/h4-34H,1-3H3. The molecular weight excluding hydrogens is 733 g/mol. The second-order valence-corrected chi connectivity index (χ2v) is 16.1. The van der Waals surface area contributed by atoms with E-state index in [1.165, 1.54) is 33.4 Å². The monoisotopic (exact) mass is 772 g/mol. The molecule has 10 aromatic rings. The first-order chi connectivity index (χ1) is 29.4. The first kappa shape index (κ1) is 35.5. The molecule has 2 aromatic heterocycles. The molecule has 286 valence electrons. The molecule has 2 heterocycles. The molecule has 11 rings (SSSR count). The van der Waals surface area contributed by atoms with E-state index in [0.29, 0.717) is 17.5 Å². The number of anilines is 3. The van der Waals surface area contributed by atoms with Crippen LogP contribution in [0.1, 0.15) is 30.8 Å². The third kappa shape index (κ3) is 5.89. The largest absolute Gasteiger partial charge is 0.453 e. The number of aromatic nitrogens is 3. The van der Waals surface area contributed by atoms with E-state index in [2.05, 4.69) is 181 Å². The molecule has 0 atom stereocenters. The average molecular weight is 773 g/mol. The lowest BCUT2D eigenvalue weighted by Gasteiger charge is -2.28. The third-order valence-electron chi connectivity index (χ3n) is 12.0. The fraction of sp³-hybridized carbons (Fsp3) is 0.0727. The topological polar surface area (TPSA) is 55.1 Å². The molecule has 0 spiro atoms. The zero-order valence-corrected chi connectivity index (χ0v) is 33.6. The summed E-state index contributed by atoms with van der Waals surface area (Å²) in [4.78, 5) is 16.7. The van der Waals surface area contributed by atoms with E-state index in [1.807, 2.05) is 37.3 Å². The third-order valence-corrected chi connectivity index (χ3v) is 12.0. The van der Waals surface area contributed by atoms with Gasteiger partial charge in [0.05, 0.1) is 5.69 Å². The maximum atomic E-state index is 7.13. The van der Waals surface area contributed by atoms with E-state index in [0.717, 1.165) is 61.3 Å². The van der Waals surface area contributed by atoms with E-state index < -0.39 is 0 Å². The van der Waals surface area contributed by atoms with Gasteiger partial charge in [-0.05, 0) is 82.3 Å². The van der Waals surface area contributed by atoms with Gasteiger partial charge in [0.2, 0.25) is 0 Å². The minimum atomic E-state index is -0.150. The van der Waals surface area contributed by atoms with Crippen LogP contribution in [0.4, 0.5) is 17.1 Å². The minimum Gasteiger partial charge on any atom is -0.453 e. The highest BCUT2D eigenvalue weighted by Gasteiger charge is 2.36. The van der Waals surface area contributed by atoms with Crippen molar-refractivity contribution in [2.45, 2.75) is 26.2 Å². The summed E-state index contributed by atoms with van der Waals surface area (Å²) in [5, 5.41) is 2.11. The maximum absolute atomic E-state index is 7.13. The molecule has 5 heteroatoms. The summed E-state index contributed by atoms with van der Waals surface area (Å²) >= 11 is 0. The summed E-state index contributed by atoms with van der Waals surface area (Å²) in [7, 11) is 0. The lowest BCUT2D eigenvalue weighted by atomic mass is 9.82. The molecule has 0 N–H and O–H groups in total. The molecule has 0 bridgehead atoms.